The number of fused-ring (bicyclic) bond motifs is 1. The van der Waals surface area contributed by atoms with Crippen molar-refractivity contribution >= 4 is 11.0 Å². The van der Waals surface area contributed by atoms with Crippen LogP contribution in [0.1, 0.15) is 18.7 Å². The summed E-state index contributed by atoms with van der Waals surface area (Å²) in [5.41, 5.74) is 1.67. The van der Waals surface area contributed by atoms with Crippen LogP contribution in [0.3, 0.4) is 0 Å². The first kappa shape index (κ1) is 7.97. The van der Waals surface area contributed by atoms with Crippen LogP contribution in [0.5, 0.6) is 0 Å². The van der Waals surface area contributed by atoms with Gasteiger partial charge in [0.15, 0.2) is 0 Å². The summed E-state index contributed by atoms with van der Waals surface area (Å²) in [6.45, 7) is 0. The number of H-pyrrole nitrogens is 1. The van der Waals surface area contributed by atoms with Crippen LogP contribution in [0.15, 0.2) is 18.2 Å². The molecule has 72 valence electrons. The maximum atomic E-state index is 12.9. The standard InChI is InChI=1S/C11H11FN2/c12-8-3-4-9-10(6-8)14-11(13-9)5-7-1-2-7/h3-4,6-7H,1-2,5H2,(H,13,14). The van der Waals surface area contributed by atoms with Crippen LogP contribution in [0, 0.1) is 11.7 Å². The summed E-state index contributed by atoms with van der Waals surface area (Å²) >= 11 is 0. The zero-order valence-corrected chi connectivity index (χ0v) is 7.76. The van der Waals surface area contributed by atoms with E-state index in [0.717, 1.165) is 29.2 Å². The molecule has 1 saturated carbocycles. The van der Waals surface area contributed by atoms with Crippen molar-refractivity contribution in [2.75, 3.05) is 0 Å². The van der Waals surface area contributed by atoms with E-state index in [2.05, 4.69) is 9.97 Å². The highest BCUT2D eigenvalue weighted by molar-refractivity contribution is 5.74. The van der Waals surface area contributed by atoms with Crippen molar-refractivity contribution in [3.63, 3.8) is 0 Å². The summed E-state index contributed by atoms with van der Waals surface area (Å²) in [5, 5.41) is 0. The Morgan fingerprint density at radius 3 is 3.07 bits per heavy atom. The van der Waals surface area contributed by atoms with Gasteiger partial charge in [-0.3, -0.25) is 0 Å². The van der Waals surface area contributed by atoms with Crippen LogP contribution in [-0.4, -0.2) is 9.97 Å². The molecule has 1 aromatic heterocycles. The van der Waals surface area contributed by atoms with Crippen molar-refractivity contribution in [2.24, 2.45) is 5.92 Å². The van der Waals surface area contributed by atoms with E-state index in [1.165, 1.54) is 25.0 Å². The van der Waals surface area contributed by atoms with Crippen LogP contribution in [0.2, 0.25) is 0 Å². The Bertz CT molecular complexity index is 471. The third-order valence-electron chi connectivity index (χ3n) is 2.67. The predicted molar refractivity (Wildman–Crippen MR) is 52.5 cm³/mol. The molecule has 1 heterocycles. The molecule has 0 amide bonds. The van der Waals surface area contributed by atoms with Crippen molar-refractivity contribution < 1.29 is 4.39 Å². The molecule has 0 saturated heterocycles. The zero-order chi connectivity index (χ0) is 9.54. The summed E-state index contributed by atoms with van der Waals surface area (Å²) in [7, 11) is 0. The van der Waals surface area contributed by atoms with Gasteiger partial charge in [-0.25, -0.2) is 9.37 Å². The number of aromatic nitrogens is 2. The molecule has 0 unspecified atom stereocenters. The fraction of sp³-hybridized carbons (Fsp3) is 0.364. The SMILES string of the molecule is Fc1ccc2nc(CC3CC3)[nH]c2c1. The normalized spacial score (nSPS) is 16.4. The molecule has 14 heavy (non-hydrogen) atoms. The van der Waals surface area contributed by atoms with Gasteiger partial charge in [0.2, 0.25) is 0 Å². The van der Waals surface area contributed by atoms with Gasteiger partial charge in [0.05, 0.1) is 11.0 Å². The van der Waals surface area contributed by atoms with Gasteiger partial charge in [-0.1, -0.05) is 0 Å². The number of hydrogen-bond acceptors (Lipinski definition) is 1. The number of nitrogens with zero attached hydrogens (tertiary/aromatic N) is 1. The Balaban J connectivity index is 2.01. The molecule has 1 aromatic carbocycles. The fourth-order valence-corrected chi connectivity index (χ4v) is 1.73. The van der Waals surface area contributed by atoms with E-state index >= 15 is 0 Å². The van der Waals surface area contributed by atoms with Crippen molar-refractivity contribution in [3.05, 3.63) is 29.8 Å². The van der Waals surface area contributed by atoms with Crippen molar-refractivity contribution in [1.82, 2.24) is 9.97 Å². The Kier molecular flexibility index (Phi) is 1.60. The van der Waals surface area contributed by atoms with Gasteiger partial charge in [0.25, 0.3) is 0 Å². The summed E-state index contributed by atoms with van der Waals surface area (Å²) in [5.74, 6) is 1.59. The summed E-state index contributed by atoms with van der Waals surface area (Å²) in [6.07, 6.45) is 3.63. The van der Waals surface area contributed by atoms with Gasteiger partial charge in [0.1, 0.15) is 11.6 Å². The van der Waals surface area contributed by atoms with Crippen molar-refractivity contribution in [2.45, 2.75) is 19.3 Å². The number of aromatic amines is 1. The third kappa shape index (κ3) is 1.39. The number of rotatable bonds is 2. The topological polar surface area (TPSA) is 28.7 Å². The predicted octanol–water partition coefficient (Wildman–Crippen LogP) is 2.65. The number of hydrogen-bond donors (Lipinski definition) is 1. The lowest BCUT2D eigenvalue weighted by Gasteiger charge is -1.89. The molecule has 2 nitrogen and oxygen atoms in total. The van der Waals surface area contributed by atoms with Gasteiger partial charge >= 0.3 is 0 Å². The summed E-state index contributed by atoms with van der Waals surface area (Å²) < 4.78 is 12.9. The van der Waals surface area contributed by atoms with E-state index in [0.29, 0.717) is 0 Å². The van der Waals surface area contributed by atoms with Gasteiger partial charge in [-0.05, 0) is 37.0 Å². The van der Waals surface area contributed by atoms with E-state index in [1.807, 2.05) is 0 Å². The molecule has 1 aliphatic rings. The second-order valence-electron chi connectivity index (χ2n) is 3.99. The van der Waals surface area contributed by atoms with E-state index in [-0.39, 0.29) is 5.82 Å². The largest absolute Gasteiger partial charge is 0.342 e. The average molecular weight is 190 g/mol. The van der Waals surface area contributed by atoms with E-state index in [1.54, 1.807) is 6.07 Å². The smallest absolute Gasteiger partial charge is 0.125 e. The van der Waals surface area contributed by atoms with E-state index in [9.17, 15) is 4.39 Å². The molecule has 3 rings (SSSR count). The maximum Gasteiger partial charge on any atom is 0.125 e. The molecule has 0 aliphatic heterocycles. The van der Waals surface area contributed by atoms with Gasteiger partial charge < -0.3 is 4.98 Å². The molecule has 3 heteroatoms. The molecule has 1 aliphatic carbocycles. The Hall–Kier alpha value is -1.38. The molecular formula is C11H11FN2. The van der Waals surface area contributed by atoms with Crippen molar-refractivity contribution in [3.8, 4) is 0 Å². The molecular weight excluding hydrogens is 179 g/mol. The monoisotopic (exact) mass is 190 g/mol. The molecule has 0 spiro atoms. The van der Waals surface area contributed by atoms with Gasteiger partial charge in [0, 0.05) is 6.42 Å². The number of imidazole rings is 1. The minimum Gasteiger partial charge on any atom is -0.342 e. The maximum absolute atomic E-state index is 12.9. The molecule has 1 N–H and O–H groups in total. The van der Waals surface area contributed by atoms with Crippen LogP contribution in [0.4, 0.5) is 4.39 Å². The van der Waals surface area contributed by atoms with Crippen molar-refractivity contribution in [1.29, 1.82) is 0 Å². The van der Waals surface area contributed by atoms with Crippen LogP contribution >= 0.6 is 0 Å². The Morgan fingerprint density at radius 1 is 1.43 bits per heavy atom. The van der Waals surface area contributed by atoms with Crippen LogP contribution < -0.4 is 0 Å². The molecule has 0 bridgehead atoms. The lowest BCUT2D eigenvalue weighted by atomic mass is 10.3. The minimum absolute atomic E-state index is 0.209. The third-order valence-corrected chi connectivity index (χ3v) is 2.67. The first-order chi connectivity index (χ1) is 6.81. The lowest BCUT2D eigenvalue weighted by molar-refractivity contribution is 0.629. The van der Waals surface area contributed by atoms with Crippen LogP contribution in [0.25, 0.3) is 11.0 Å². The fourth-order valence-electron chi connectivity index (χ4n) is 1.73. The highest BCUT2D eigenvalue weighted by Gasteiger charge is 2.22. The molecule has 0 atom stereocenters. The second kappa shape index (κ2) is 2.80. The highest BCUT2D eigenvalue weighted by Crippen LogP contribution is 2.32. The van der Waals surface area contributed by atoms with E-state index in [4.69, 9.17) is 0 Å². The zero-order valence-electron chi connectivity index (χ0n) is 7.76. The molecule has 1 fully saturated rings. The number of nitrogens with one attached hydrogen (secondary N) is 1. The first-order valence-electron chi connectivity index (χ1n) is 4.95. The first-order valence-corrected chi connectivity index (χ1v) is 4.95. The Labute approximate surface area is 81.2 Å². The number of benzene rings is 1. The Morgan fingerprint density at radius 2 is 2.29 bits per heavy atom. The summed E-state index contributed by atoms with van der Waals surface area (Å²) in [4.78, 5) is 7.57. The number of halogens is 1. The quantitative estimate of drug-likeness (QED) is 0.774. The second-order valence-corrected chi connectivity index (χ2v) is 3.99. The van der Waals surface area contributed by atoms with Gasteiger partial charge in [-0.2, -0.15) is 0 Å². The van der Waals surface area contributed by atoms with Crippen LogP contribution in [-0.2, 0) is 6.42 Å². The van der Waals surface area contributed by atoms with Gasteiger partial charge in [-0.15, -0.1) is 0 Å². The minimum atomic E-state index is -0.209. The molecule has 2 aromatic rings. The summed E-state index contributed by atoms with van der Waals surface area (Å²) in [6, 6.07) is 4.67. The lowest BCUT2D eigenvalue weighted by Crippen LogP contribution is -1.88. The average Bonchev–Trinajstić information content (AvgIpc) is 2.84. The van der Waals surface area contributed by atoms with E-state index < -0.39 is 0 Å². The highest BCUT2D eigenvalue weighted by atomic mass is 19.1. The molecule has 0 radical (unpaired) electrons.